The highest BCUT2D eigenvalue weighted by atomic mass is 16.5. The number of phenolic OH excluding ortho intramolecular Hbond substituents is 1. The monoisotopic (exact) mass is 475 g/mol. The number of aryl methyl sites for hydroxylation is 1. The number of fused-ring (bicyclic) bond motifs is 1. The lowest BCUT2D eigenvalue weighted by Gasteiger charge is -2.19. The van der Waals surface area contributed by atoms with Crippen molar-refractivity contribution in [1.82, 2.24) is 4.90 Å². The third kappa shape index (κ3) is 4.81. The molecule has 0 radical (unpaired) electrons. The Hall–Kier alpha value is -3.97. The molecule has 0 spiro atoms. The summed E-state index contributed by atoms with van der Waals surface area (Å²) in [7, 11) is 6.58. The summed E-state index contributed by atoms with van der Waals surface area (Å²) in [6.45, 7) is 2.88. The van der Waals surface area contributed by atoms with Gasteiger partial charge in [-0.3, -0.25) is 9.69 Å². The minimum Gasteiger partial charge on any atom is -0.507 e. The third-order valence-corrected chi connectivity index (χ3v) is 5.97. The third-order valence-electron chi connectivity index (χ3n) is 5.97. The quantitative estimate of drug-likeness (QED) is 0.461. The van der Waals surface area contributed by atoms with Crippen LogP contribution in [0.15, 0.2) is 54.3 Å². The van der Waals surface area contributed by atoms with Crippen molar-refractivity contribution < 1.29 is 28.8 Å². The fourth-order valence-corrected chi connectivity index (χ4v) is 4.26. The largest absolute Gasteiger partial charge is 0.507 e. The van der Waals surface area contributed by atoms with Crippen LogP contribution in [-0.4, -0.2) is 44.2 Å². The molecule has 7 heteroatoms. The van der Waals surface area contributed by atoms with Crippen LogP contribution in [0.3, 0.4) is 0 Å². The molecule has 0 aliphatic carbocycles. The lowest BCUT2D eigenvalue weighted by atomic mass is 9.99. The van der Waals surface area contributed by atoms with Gasteiger partial charge in [-0.1, -0.05) is 30.3 Å². The number of allylic oxidation sites excluding steroid dienone is 1. The number of carbonyl (C=O) groups excluding carboxylic acids is 1. The Morgan fingerprint density at radius 1 is 0.943 bits per heavy atom. The van der Waals surface area contributed by atoms with E-state index in [9.17, 15) is 9.90 Å². The minimum atomic E-state index is -0.249. The highest BCUT2D eigenvalue weighted by Gasteiger charge is 2.33. The van der Waals surface area contributed by atoms with Gasteiger partial charge in [0.25, 0.3) is 0 Å². The lowest BCUT2D eigenvalue weighted by Crippen LogP contribution is -2.17. The summed E-state index contributed by atoms with van der Waals surface area (Å²) in [5.41, 5.74) is 3.43. The van der Waals surface area contributed by atoms with Gasteiger partial charge in [0.2, 0.25) is 5.78 Å². The van der Waals surface area contributed by atoms with Crippen LogP contribution in [0.2, 0.25) is 0 Å². The number of ether oxygens (including phenoxy) is 4. The smallest absolute Gasteiger partial charge is 0.232 e. The molecule has 0 unspecified atom stereocenters. The van der Waals surface area contributed by atoms with Crippen LogP contribution in [0.5, 0.6) is 28.7 Å². The zero-order chi connectivity index (χ0) is 25.1. The number of phenols is 1. The zero-order valence-electron chi connectivity index (χ0n) is 20.5. The van der Waals surface area contributed by atoms with E-state index in [1.807, 2.05) is 37.4 Å². The first-order chi connectivity index (χ1) is 16.9. The van der Waals surface area contributed by atoms with Gasteiger partial charge in [-0.25, -0.2) is 0 Å². The van der Waals surface area contributed by atoms with Crippen molar-refractivity contribution in [2.24, 2.45) is 0 Å². The normalized spacial score (nSPS) is 13.7. The van der Waals surface area contributed by atoms with Crippen molar-refractivity contribution in [3.05, 3.63) is 82.1 Å². The van der Waals surface area contributed by atoms with Gasteiger partial charge in [0.05, 0.1) is 32.5 Å². The zero-order valence-corrected chi connectivity index (χ0v) is 20.5. The van der Waals surface area contributed by atoms with Crippen molar-refractivity contribution in [1.29, 1.82) is 0 Å². The SMILES string of the molecule is COc1cc(OC)c(OC)cc1/C=C1\Oc2c(CN(C)Cc3ccccc3)c(O)cc(C)c2C1=O. The number of benzene rings is 3. The van der Waals surface area contributed by atoms with E-state index in [1.54, 1.807) is 45.4 Å². The Labute approximate surface area is 205 Å². The molecule has 3 aromatic carbocycles. The van der Waals surface area contributed by atoms with Gasteiger partial charge in [0.1, 0.15) is 17.2 Å². The predicted molar refractivity (Wildman–Crippen MR) is 133 cm³/mol. The van der Waals surface area contributed by atoms with Crippen molar-refractivity contribution in [2.45, 2.75) is 20.0 Å². The lowest BCUT2D eigenvalue weighted by molar-refractivity contribution is 0.101. The summed E-state index contributed by atoms with van der Waals surface area (Å²) in [4.78, 5) is 15.4. The number of nitrogens with zero attached hydrogens (tertiary/aromatic N) is 1. The number of carbonyl (C=O) groups is 1. The van der Waals surface area contributed by atoms with E-state index in [-0.39, 0.29) is 17.3 Å². The molecule has 1 aliphatic rings. The molecule has 1 heterocycles. The first-order valence-corrected chi connectivity index (χ1v) is 11.2. The Bertz CT molecular complexity index is 1280. The summed E-state index contributed by atoms with van der Waals surface area (Å²) < 4.78 is 22.3. The Balaban J connectivity index is 1.69. The molecular formula is C28H29NO6. The average Bonchev–Trinajstić information content (AvgIpc) is 3.18. The molecule has 0 saturated heterocycles. The van der Waals surface area contributed by atoms with Crippen LogP contribution in [0.1, 0.15) is 32.6 Å². The predicted octanol–water partition coefficient (Wildman–Crippen LogP) is 4.97. The Kier molecular flexibility index (Phi) is 6.98. The summed E-state index contributed by atoms with van der Waals surface area (Å²) in [6.07, 6.45) is 1.62. The van der Waals surface area contributed by atoms with Gasteiger partial charge in [-0.05, 0) is 43.3 Å². The molecule has 35 heavy (non-hydrogen) atoms. The van der Waals surface area contributed by atoms with Crippen molar-refractivity contribution in [3.8, 4) is 28.7 Å². The highest BCUT2D eigenvalue weighted by Crippen LogP contribution is 2.43. The molecular weight excluding hydrogens is 446 g/mol. The molecule has 1 aliphatic heterocycles. The molecule has 0 fully saturated rings. The molecule has 4 rings (SSSR count). The molecule has 1 N–H and O–H groups in total. The van der Waals surface area contributed by atoms with E-state index in [0.29, 0.717) is 58.3 Å². The van der Waals surface area contributed by atoms with Crippen LogP contribution in [0.25, 0.3) is 6.08 Å². The fraction of sp³-hybridized carbons (Fsp3) is 0.250. The molecule has 3 aromatic rings. The molecule has 182 valence electrons. The number of methoxy groups -OCH3 is 3. The number of ketones is 1. The van der Waals surface area contributed by atoms with Crippen LogP contribution in [0.4, 0.5) is 0 Å². The summed E-state index contributed by atoms with van der Waals surface area (Å²) in [6, 6.07) is 15.1. The second kappa shape index (κ2) is 10.1. The molecule has 0 bridgehead atoms. The first-order valence-electron chi connectivity index (χ1n) is 11.2. The maximum absolute atomic E-state index is 13.4. The maximum Gasteiger partial charge on any atom is 0.232 e. The van der Waals surface area contributed by atoms with Gasteiger partial charge in [-0.15, -0.1) is 0 Å². The van der Waals surface area contributed by atoms with Gasteiger partial charge >= 0.3 is 0 Å². The number of hydrogen-bond donors (Lipinski definition) is 1. The van der Waals surface area contributed by atoms with Gasteiger partial charge in [-0.2, -0.15) is 0 Å². The molecule has 0 atom stereocenters. The second-order valence-electron chi connectivity index (χ2n) is 8.44. The Morgan fingerprint density at radius 2 is 1.60 bits per heavy atom. The van der Waals surface area contributed by atoms with E-state index in [2.05, 4.69) is 4.90 Å². The number of hydrogen-bond acceptors (Lipinski definition) is 7. The summed E-state index contributed by atoms with van der Waals surface area (Å²) >= 11 is 0. The molecule has 0 saturated carbocycles. The van der Waals surface area contributed by atoms with Crippen LogP contribution < -0.4 is 18.9 Å². The van der Waals surface area contributed by atoms with E-state index in [0.717, 1.165) is 5.56 Å². The van der Waals surface area contributed by atoms with E-state index in [4.69, 9.17) is 18.9 Å². The van der Waals surface area contributed by atoms with E-state index < -0.39 is 0 Å². The maximum atomic E-state index is 13.4. The number of Topliss-reactive ketones (excluding diaryl/α,β-unsaturated/α-hetero) is 1. The second-order valence-corrected chi connectivity index (χ2v) is 8.44. The minimum absolute atomic E-state index is 0.0962. The van der Waals surface area contributed by atoms with Crippen LogP contribution in [0, 0.1) is 6.92 Å². The topological polar surface area (TPSA) is 77.5 Å². The van der Waals surface area contributed by atoms with E-state index in [1.165, 1.54) is 7.11 Å². The van der Waals surface area contributed by atoms with Crippen LogP contribution >= 0.6 is 0 Å². The van der Waals surface area contributed by atoms with Crippen LogP contribution in [-0.2, 0) is 13.1 Å². The molecule has 0 aromatic heterocycles. The molecule has 7 nitrogen and oxygen atoms in total. The van der Waals surface area contributed by atoms with Crippen molar-refractivity contribution in [2.75, 3.05) is 28.4 Å². The summed E-state index contributed by atoms with van der Waals surface area (Å²) in [5, 5.41) is 10.8. The number of rotatable bonds is 8. The standard InChI is InChI=1S/C28H29NO6/c1-17-11-21(30)20(16-29(2)15-18-9-7-6-8-10-18)28-26(17)27(31)25(35-28)13-19-12-23(33-4)24(34-5)14-22(19)32-3/h6-14,30H,15-16H2,1-5H3/b25-13-. The molecule has 0 amide bonds. The van der Waals surface area contributed by atoms with E-state index >= 15 is 0 Å². The average molecular weight is 476 g/mol. The van der Waals surface area contributed by atoms with Gasteiger partial charge < -0.3 is 24.1 Å². The Morgan fingerprint density at radius 3 is 2.26 bits per heavy atom. The first kappa shape index (κ1) is 24.2. The fourth-order valence-electron chi connectivity index (χ4n) is 4.26. The van der Waals surface area contributed by atoms with Crippen molar-refractivity contribution in [3.63, 3.8) is 0 Å². The summed E-state index contributed by atoms with van der Waals surface area (Å²) in [5.74, 6) is 1.90. The van der Waals surface area contributed by atoms with Crippen molar-refractivity contribution >= 4 is 11.9 Å². The number of aromatic hydroxyl groups is 1. The highest BCUT2D eigenvalue weighted by molar-refractivity contribution is 6.16. The van der Waals surface area contributed by atoms with Gasteiger partial charge in [0.15, 0.2) is 17.3 Å². The van der Waals surface area contributed by atoms with Gasteiger partial charge in [0, 0.05) is 24.7 Å².